The lowest BCUT2D eigenvalue weighted by Crippen LogP contribution is -2.43. The SMILES string of the molecule is Cc1cc(O)cc(C)c1C[C@@H](CNC(=O)C[C@H](c1cccnc1)C1(C(F)(F)F)CC1)N(C)C. The zero-order valence-electron chi connectivity index (χ0n) is 19.5. The van der Waals surface area contributed by atoms with E-state index in [4.69, 9.17) is 0 Å². The third kappa shape index (κ3) is 5.66. The van der Waals surface area contributed by atoms with Crippen LogP contribution in [0.4, 0.5) is 13.2 Å². The molecule has 1 fully saturated rings. The first-order chi connectivity index (χ1) is 15.4. The summed E-state index contributed by atoms with van der Waals surface area (Å²) in [4.78, 5) is 18.8. The number of halogens is 3. The molecule has 33 heavy (non-hydrogen) atoms. The summed E-state index contributed by atoms with van der Waals surface area (Å²) >= 11 is 0. The molecule has 0 saturated heterocycles. The lowest BCUT2D eigenvalue weighted by molar-refractivity contribution is -0.194. The van der Waals surface area contributed by atoms with Gasteiger partial charge in [0.15, 0.2) is 0 Å². The number of phenolic OH excluding ortho intramolecular Hbond substituents is 1. The second-order valence-electron chi connectivity index (χ2n) is 9.38. The number of benzene rings is 1. The van der Waals surface area contributed by atoms with Gasteiger partial charge in [-0.1, -0.05) is 6.07 Å². The van der Waals surface area contributed by atoms with Crippen LogP contribution in [0.1, 0.15) is 47.4 Å². The first-order valence-corrected chi connectivity index (χ1v) is 11.1. The van der Waals surface area contributed by atoms with E-state index in [1.807, 2.05) is 32.8 Å². The molecule has 1 aliphatic carbocycles. The summed E-state index contributed by atoms with van der Waals surface area (Å²) in [6.07, 6.45) is -0.947. The molecule has 1 aliphatic rings. The molecule has 5 nitrogen and oxygen atoms in total. The Morgan fingerprint density at radius 1 is 1.24 bits per heavy atom. The Kier molecular flexibility index (Phi) is 7.36. The first kappa shape index (κ1) is 25.0. The lowest BCUT2D eigenvalue weighted by atomic mass is 9.80. The molecule has 0 unspecified atom stereocenters. The molecule has 2 atom stereocenters. The van der Waals surface area contributed by atoms with Crippen molar-refractivity contribution in [2.24, 2.45) is 5.41 Å². The van der Waals surface area contributed by atoms with Crippen LogP contribution in [0.2, 0.25) is 0 Å². The summed E-state index contributed by atoms with van der Waals surface area (Å²) in [7, 11) is 3.81. The van der Waals surface area contributed by atoms with E-state index in [1.165, 1.54) is 12.4 Å². The molecule has 1 aromatic carbocycles. The molecule has 1 aromatic heterocycles. The average molecular weight is 464 g/mol. The van der Waals surface area contributed by atoms with Gasteiger partial charge in [0.1, 0.15) is 5.75 Å². The van der Waals surface area contributed by atoms with Crippen molar-refractivity contribution < 1.29 is 23.1 Å². The smallest absolute Gasteiger partial charge is 0.395 e. The molecule has 1 saturated carbocycles. The van der Waals surface area contributed by atoms with E-state index in [9.17, 15) is 23.1 Å². The fourth-order valence-electron chi connectivity index (χ4n) is 4.63. The highest BCUT2D eigenvalue weighted by atomic mass is 19.4. The lowest BCUT2D eigenvalue weighted by Gasteiger charge is -2.30. The minimum Gasteiger partial charge on any atom is -0.508 e. The maximum Gasteiger partial charge on any atom is 0.395 e. The largest absolute Gasteiger partial charge is 0.508 e. The van der Waals surface area contributed by atoms with Gasteiger partial charge in [0.25, 0.3) is 0 Å². The van der Waals surface area contributed by atoms with Gasteiger partial charge in [-0.05, 0) is 87.7 Å². The number of amides is 1. The van der Waals surface area contributed by atoms with Crippen LogP contribution in [-0.2, 0) is 11.2 Å². The first-order valence-electron chi connectivity index (χ1n) is 11.1. The number of aromatic hydroxyl groups is 1. The van der Waals surface area contributed by atoms with Gasteiger partial charge >= 0.3 is 6.18 Å². The molecule has 0 bridgehead atoms. The third-order valence-electron chi connectivity index (χ3n) is 6.88. The van der Waals surface area contributed by atoms with Crippen LogP contribution in [0.5, 0.6) is 5.75 Å². The van der Waals surface area contributed by atoms with Gasteiger partial charge in [0.05, 0.1) is 5.41 Å². The fourth-order valence-corrected chi connectivity index (χ4v) is 4.63. The molecule has 3 rings (SSSR count). The molecular weight excluding hydrogens is 431 g/mol. The Balaban J connectivity index is 1.71. The molecule has 180 valence electrons. The molecule has 8 heteroatoms. The fraction of sp³-hybridized carbons (Fsp3) is 0.520. The van der Waals surface area contributed by atoms with Crippen LogP contribution in [0, 0.1) is 19.3 Å². The van der Waals surface area contributed by atoms with Gasteiger partial charge in [-0.15, -0.1) is 0 Å². The number of carbonyl (C=O) groups is 1. The van der Waals surface area contributed by atoms with E-state index >= 15 is 0 Å². The number of phenols is 1. The summed E-state index contributed by atoms with van der Waals surface area (Å²) < 4.78 is 41.6. The Morgan fingerprint density at radius 3 is 2.36 bits per heavy atom. The predicted molar refractivity (Wildman–Crippen MR) is 121 cm³/mol. The van der Waals surface area contributed by atoms with Crippen LogP contribution in [-0.4, -0.2) is 53.8 Å². The molecule has 1 amide bonds. The molecule has 2 aromatic rings. The van der Waals surface area contributed by atoms with E-state index in [2.05, 4.69) is 10.3 Å². The van der Waals surface area contributed by atoms with E-state index < -0.39 is 23.4 Å². The van der Waals surface area contributed by atoms with Gasteiger partial charge < -0.3 is 15.3 Å². The van der Waals surface area contributed by atoms with Crippen LogP contribution >= 0.6 is 0 Å². The van der Waals surface area contributed by atoms with Gasteiger partial charge in [-0.25, -0.2) is 0 Å². The summed E-state index contributed by atoms with van der Waals surface area (Å²) in [6.45, 7) is 4.17. The second-order valence-corrected chi connectivity index (χ2v) is 9.38. The normalized spacial score (nSPS) is 17.0. The molecule has 1 heterocycles. The second kappa shape index (κ2) is 9.71. The Morgan fingerprint density at radius 2 is 1.88 bits per heavy atom. The van der Waals surface area contributed by atoms with Crippen molar-refractivity contribution in [3.05, 3.63) is 58.9 Å². The number of alkyl halides is 3. The molecule has 2 N–H and O–H groups in total. The molecule has 0 radical (unpaired) electrons. The zero-order valence-corrected chi connectivity index (χ0v) is 19.5. The highest BCUT2D eigenvalue weighted by molar-refractivity contribution is 5.77. The summed E-state index contributed by atoms with van der Waals surface area (Å²) in [5.74, 6) is -1.14. The number of aryl methyl sites for hydroxylation is 2. The maximum absolute atomic E-state index is 13.9. The summed E-state index contributed by atoms with van der Waals surface area (Å²) in [5, 5.41) is 12.7. The highest BCUT2D eigenvalue weighted by Crippen LogP contribution is 2.66. The summed E-state index contributed by atoms with van der Waals surface area (Å²) in [5.41, 5.74) is 1.60. The van der Waals surface area contributed by atoms with Crippen molar-refractivity contribution in [2.75, 3.05) is 20.6 Å². The van der Waals surface area contributed by atoms with Gasteiger partial charge in [-0.2, -0.15) is 13.2 Å². The Hall–Kier alpha value is -2.61. The van der Waals surface area contributed by atoms with Gasteiger partial charge in [0.2, 0.25) is 5.91 Å². The van der Waals surface area contributed by atoms with Crippen molar-refractivity contribution in [1.29, 1.82) is 0 Å². The van der Waals surface area contributed by atoms with Crippen LogP contribution in [0.25, 0.3) is 0 Å². The number of aromatic nitrogens is 1. The number of pyridine rings is 1. The van der Waals surface area contributed by atoms with Gasteiger partial charge in [0, 0.05) is 37.3 Å². The van der Waals surface area contributed by atoms with E-state index in [0.29, 0.717) is 18.5 Å². The van der Waals surface area contributed by atoms with Crippen molar-refractivity contribution >= 4 is 5.91 Å². The van der Waals surface area contributed by atoms with Crippen molar-refractivity contribution in [3.63, 3.8) is 0 Å². The van der Waals surface area contributed by atoms with Crippen molar-refractivity contribution in [1.82, 2.24) is 15.2 Å². The van der Waals surface area contributed by atoms with Crippen molar-refractivity contribution in [3.8, 4) is 5.75 Å². The van der Waals surface area contributed by atoms with Crippen LogP contribution < -0.4 is 5.32 Å². The molecule has 0 aliphatic heterocycles. The van der Waals surface area contributed by atoms with Crippen LogP contribution in [0.15, 0.2) is 36.7 Å². The predicted octanol–water partition coefficient (Wildman–Crippen LogP) is 4.51. The number of nitrogens with zero attached hydrogens (tertiary/aromatic N) is 2. The van der Waals surface area contributed by atoms with Crippen molar-refractivity contribution in [2.45, 2.75) is 57.7 Å². The minimum absolute atomic E-state index is 0.0308. The Bertz CT molecular complexity index is 950. The number of nitrogens with one attached hydrogen (secondary N) is 1. The van der Waals surface area contributed by atoms with E-state index in [1.54, 1.807) is 24.3 Å². The van der Waals surface area contributed by atoms with Gasteiger partial charge in [-0.3, -0.25) is 9.78 Å². The van der Waals surface area contributed by atoms with E-state index in [-0.39, 0.29) is 31.1 Å². The molecular formula is C25H32F3N3O2. The minimum atomic E-state index is -4.37. The maximum atomic E-state index is 13.9. The number of rotatable bonds is 9. The van der Waals surface area contributed by atoms with Crippen LogP contribution in [0.3, 0.4) is 0 Å². The number of hydrogen-bond acceptors (Lipinski definition) is 4. The average Bonchev–Trinajstić information content (AvgIpc) is 3.53. The standard InChI is InChI=1S/C25H32F3N3O2/c1-16-10-20(32)11-17(2)21(16)12-19(31(3)4)15-30-23(33)13-22(18-6-5-9-29-14-18)24(7-8-24)25(26,27)28/h5-6,9-11,14,19,22,32H,7-8,12-13,15H2,1-4H3,(H,30,33)/t19-,22+/m0/s1. The molecule has 0 spiro atoms. The number of likely N-dealkylation sites (N-methyl/N-ethyl adjacent to an activating group) is 1. The summed E-state index contributed by atoms with van der Waals surface area (Å²) in [6, 6.07) is 6.59. The highest BCUT2D eigenvalue weighted by Gasteiger charge is 2.67. The van der Waals surface area contributed by atoms with E-state index in [0.717, 1.165) is 16.7 Å². The zero-order chi connectivity index (χ0) is 24.4. The number of hydrogen-bond donors (Lipinski definition) is 2. The third-order valence-corrected chi connectivity index (χ3v) is 6.88. The Labute approximate surface area is 193 Å². The topological polar surface area (TPSA) is 65.5 Å². The quantitative estimate of drug-likeness (QED) is 0.574. The monoisotopic (exact) mass is 463 g/mol. The number of carbonyl (C=O) groups excluding carboxylic acids is 1.